The van der Waals surface area contributed by atoms with Crippen LogP contribution in [0.1, 0.15) is 17.4 Å². The quantitative estimate of drug-likeness (QED) is 0.751. The SMILES string of the molecule is CC1=NC(N2CCN(C(=O)c3nn(C)c4ccccc34)CC2)=NC(=O)C1F. The van der Waals surface area contributed by atoms with E-state index in [-0.39, 0.29) is 17.6 Å². The Kier molecular flexibility index (Phi) is 4.21. The van der Waals surface area contributed by atoms with E-state index < -0.39 is 12.1 Å². The van der Waals surface area contributed by atoms with Gasteiger partial charge in [0.2, 0.25) is 12.1 Å². The average molecular weight is 370 g/mol. The predicted octanol–water partition coefficient (Wildman–Crippen LogP) is 1.03. The van der Waals surface area contributed by atoms with Gasteiger partial charge in [0.1, 0.15) is 0 Å². The topological polar surface area (TPSA) is 83.2 Å². The van der Waals surface area contributed by atoms with Crippen molar-refractivity contribution in [2.45, 2.75) is 13.1 Å². The molecule has 4 rings (SSSR count). The third-order valence-electron chi connectivity index (χ3n) is 4.88. The fraction of sp³-hybridized carbons (Fsp3) is 0.389. The monoisotopic (exact) mass is 370 g/mol. The normalized spacial score (nSPS) is 20.7. The van der Waals surface area contributed by atoms with Gasteiger partial charge in [0, 0.05) is 38.6 Å². The summed E-state index contributed by atoms with van der Waals surface area (Å²) in [6.07, 6.45) is -1.76. The van der Waals surface area contributed by atoms with Crippen molar-refractivity contribution in [1.82, 2.24) is 19.6 Å². The Morgan fingerprint density at radius 3 is 2.56 bits per heavy atom. The highest BCUT2D eigenvalue weighted by Crippen LogP contribution is 2.20. The summed E-state index contributed by atoms with van der Waals surface area (Å²) in [5.74, 6) is -0.727. The van der Waals surface area contributed by atoms with E-state index in [1.807, 2.05) is 31.3 Å². The first kappa shape index (κ1) is 17.3. The zero-order chi connectivity index (χ0) is 19.1. The number of nitrogens with zero attached hydrogens (tertiary/aromatic N) is 6. The van der Waals surface area contributed by atoms with Gasteiger partial charge in [0.25, 0.3) is 11.8 Å². The Morgan fingerprint density at radius 2 is 1.85 bits per heavy atom. The number of alkyl halides is 1. The maximum Gasteiger partial charge on any atom is 0.289 e. The number of rotatable bonds is 1. The Bertz CT molecular complexity index is 987. The molecule has 1 fully saturated rings. The minimum Gasteiger partial charge on any atom is -0.337 e. The summed E-state index contributed by atoms with van der Waals surface area (Å²) in [7, 11) is 1.81. The first-order valence-electron chi connectivity index (χ1n) is 8.73. The number of hydrogen-bond donors (Lipinski definition) is 0. The summed E-state index contributed by atoms with van der Waals surface area (Å²) in [6.45, 7) is 3.31. The lowest BCUT2D eigenvalue weighted by Gasteiger charge is -2.35. The van der Waals surface area contributed by atoms with Gasteiger partial charge in [-0.3, -0.25) is 14.3 Å². The number of amides is 2. The van der Waals surface area contributed by atoms with E-state index in [2.05, 4.69) is 15.1 Å². The molecular formula is C18H19FN6O2. The molecule has 0 bridgehead atoms. The van der Waals surface area contributed by atoms with Crippen LogP contribution in [0.25, 0.3) is 10.9 Å². The number of carbonyl (C=O) groups is 2. The number of benzene rings is 1. The van der Waals surface area contributed by atoms with Crippen molar-refractivity contribution in [2.24, 2.45) is 17.0 Å². The van der Waals surface area contributed by atoms with Gasteiger partial charge in [-0.2, -0.15) is 10.1 Å². The molecule has 3 heterocycles. The molecule has 8 nitrogen and oxygen atoms in total. The third kappa shape index (κ3) is 2.98. The van der Waals surface area contributed by atoms with Crippen molar-refractivity contribution in [3.63, 3.8) is 0 Å². The Labute approximate surface area is 155 Å². The van der Waals surface area contributed by atoms with Crippen LogP contribution in [0.2, 0.25) is 0 Å². The van der Waals surface area contributed by atoms with Crippen LogP contribution >= 0.6 is 0 Å². The molecule has 2 aromatic rings. The zero-order valence-corrected chi connectivity index (χ0v) is 15.1. The standard InChI is InChI=1S/C18H19FN6O2/c1-11-14(19)16(26)21-18(20-11)25-9-7-24(8-10-25)17(27)15-12-5-3-4-6-13(12)23(2)22-15/h3-6,14H,7-10H2,1-2H3. The number of guanidine groups is 1. The minimum atomic E-state index is -1.76. The molecule has 1 aromatic heterocycles. The molecule has 9 heteroatoms. The molecule has 1 saturated heterocycles. The van der Waals surface area contributed by atoms with E-state index in [4.69, 9.17) is 0 Å². The number of halogens is 1. The van der Waals surface area contributed by atoms with Gasteiger partial charge in [0.05, 0.1) is 11.2 Å². The van der Waals surface area contributed by atoms with Gasteiger partial charge in [-0.15, -0.1) is 0 Å². The average Bonchev–Trinajstić information content (AvgIpc) is 3.02. The molecular weight excluding hydrogens is 351 g/mol. The molecule has 1 unspecified atom stereocenters. The maximum absolute atomic E-state index is 13.5. The minimum absolute atomic E-state index is 0.114. The van der Waals surface area contributed by atoms with E-state index >= 15 is 0 Å². The molecule has 140 valence electrons. The summed E-state index contributed by atoms with van der Waals surface area (Å²) < 4.78 is 15.2. The van der Waals surface area contributed by atoms with Gasteiger partial charge in [-0.1, -0.05) is 18.2 Å². The second-order valence-electron chi connectivity index (χ2n) is 6.63. The molecule has 0 aliphatic carbocycles. The molecule has 0 saturated carbocycles. The number of fused-ring (bicyclic) bond motifs is 1. The molecule has 0 spiro atoms. The van der Waals surface area contributed by atoms with Crippen molar-refractivity contribution in [2.75, 3.05) is 26.2 Å². The number of aliphatic imine (C=N–C) groups is 2. The molecule has 0 N–H and O–H groups in total. The molecule has 1 aromatic carbocycles. The molecule has 2 aliphatic rings. The van der Waals surface area contributed by atoms with Gasteiger partial charge < -0.3 is 9.80 Å². The van der Waals surface area contributed by atoms with E-state index in [9.17, 15) is 14.0 Å². The first-order chi connectivity index (χ1) is 13.0. The van der Waals surface area contributed by atoms with Gasteiger partial charge >= 0.3 is 0 Å². The van der Waals surface area contributed by atoms with Crippen LogP contribution in [-0.2, 0) is 11.8 Å². The summed E-state index contributed by atoms with van der Waals surface area (Å²) in [5, 5.41) is 5.20. The first-order valence-corrected chi connectivity index (χ1v) is 8.73. The summed E-state index contributed by atoms with van der Waals surface area (Å²) in [6, 6.07) is 7.61. The molecule has 27 heavy (non-hydrogen) atoms. The van der Waals surface area contributed by atoms with Crippen LogP contribution < -0.4 is 0 Å². The number of hydrogen-bond acceptors (Lipinski definition) is 5. The second-order valence-corrected chi connectivity index (χ2v) is 6.63. The summed E-state index contributed by atoms with van der Waals surface area (Å²) >= 11 is 0. The lowest BCUT2D eigenvalue weighted by molar-refractivity contribution is -0.120. The number of aromatic nitrogens is 2. The van der Waals surface area contributed by atoms with Crippen molar-refractivity contribution in [3.8, 4) is 0 Å². The number of aryl methyl sites for hydroxylation is 1. The van der Waals surface area contributed by atoms with Gasteiger partial charge in [-0.25, -0.2) is 9.38 Å². The zero-order valence-electron chi connectivity index (χ0n) is 15.1. The van der Waals surface area contributed by atoms with Crippen molar-refractivity contribution >= 4 is 34.4 Å². The Morgan fingerprint density at radius 1 is 1.15 bits per heavy atom. The van der Waals surface area contributed by atoms with Crippen LogP contribution in [0, 0.1) is 0 Å². The molecule has 0 radical (unpaired) electrons. The highest BCUT2D eigenvalue weighted by molar-refractivity contribution is 6.16. The lowest BCUT2D eigenvalue weighted by atomic mass is 10.2. The van der Waals surface area contributed by atoms with E-state index in [0.29, 0.717) is 31.9 Å². The largest absolute Gasteiger partial charge is 0.337 e. The van der Waals surface area contributed by atoms with Crippen LogP contribution in [0.15, 0.2) is 34.3 Å². The lowest BCUT2D eigenvalue weighted by Crippen LogP contribution is -2.51. The summed E-state index contributed by atoms with van der Waals surface area (Å²) in [4.78, 5) is 35.9. The predicted molar refractivity (Wildman–Crippen MR) is 98.6 cm³/mol. The molecule has 2 aliphatic heterocycles. The Balaban J connectivity index is 1.49. The number of para-hydroxylation sites is 1. The van der Waals surface area contributed by atoms with Crippen molar-refractivity contribution < 1.29 is 14.0 Å². The maximum atomic E-state index is 13.5. The van der Waals surface area contributed by atoms with Crippen LogP contribution in [-0.4, -0.2) is 75.4 Å². The fourth-order valence-corrected chi connectivity index (χ4v) is 3.35. The Hall–Kier alpha value is -3.10. The second kappa shape index (κ2) is 6.57. The summed E-state index contributed by atoms with van der Waals surface area (Å²) in [5.41, 5.74) is 1.45. The smallest absolute Gasteiger partial charge is 0.289 e. The highest BCUT2D eigenvalue weighted by Gasteiger charge is 2.31. The third-order valence-corrected chi connectivity index (χ3v) is 4.88. The van der Waals surface area contributed by atoms with Gasteiger partial charge in [0.15, 0.2) is 5.69 Å². The highest BCUT2D eigenvalue weighted by atomic mass is 19.1. The van der Waals surface area contributed by atoms with E-state index in [0.717, 1.165) is 10.9 Å². The molecule has 1 atom stereocenters. The fourth-order valence-electron chi connectivity index (χ4n) is 3.35. The van der Waals surface area contributed by atoms with E-state index in [1.54, 1.807) is 14.5 Å². The van der Waals surface area contributed by atoms with Crippen LogP contribution in [0.4, 0.5) is 4.39 Å². The van der Waals surface area contributed by atoms with Gasteiger partial charge in [-0.05, 0) is 13.0 Å². The van der Waals surface area contributed by atoms with Crippen LogP contribution in [0.3, 0.4) is 0 Å². The van der Waals surface area contributed by atoms with Crippen LogP contribution in [0.5, 0.6) is 0 Å². The molecule has 2 amide bonds. The number of piperazine rings is 1. The van der Waals surface area contributed by atoms with Crippen molar-refractivity contribution in [1.29, 1.82) is 0 Å². The number of carbonyl (C=O) groups excluding carboxylic acids is 2. The van der Waals surface area contributed by atoms with E-state index in [1.165, 1.54) is 6.92 Å². The van der Waals surface area contributed by atoms with Crippen molar-refractivity contribution in [3.05, 3.63) is 30.0 Å².